The quantitative estimate of drug-likeness (QED) is 0.456. The fourth-order valence-corrected chi connectivity index (χ4v) is 3.47. The lowest BCUT2D eigenvalue weighted by atomic mass is 10.1. The fraction of sp³-hybridized carbons (Fsp3) is 0.160. The lowest BCUT2D eigenvalue weighted by Crippen LogP contribution is -2.30. The van der Waals surface area contributed by atoms with E-state index in [0.717, 1.165) is 5.69 Å². The predicted octanol–water partition coefficient (Wildman–Crippen LogP) is 4.87. The van der Waals surface area contributed by atoms with Crippen LogP contribution in [-0.4, -0.2) is 39.6 Å². The van der Waals surface area contributed by atoms with E-state index in [2.05, 4.69) is 10.4 Å². The number of hydrogen-bond donors (Lipinski definition) is 1. The van der Waals surface area contributed by atoms with Gasteiger partial charge in [0, 0.05) is 30.4 Å². The number of rotatable bonds is 7. The monoisotopic (exact) mass is 428 g/mol. The van der Waals surface area contributed by atoms with Crippen molar-refractivity contribution in [1.82, 2.24) is 14.7 Å². The van der Waals surface area contributed by atoms with Crippen LogP contribution >= 0.6 is 0 Å². The van der Waals surface area contributed by atoms with E-state index in [9.17, 15) is 9.59 Å². The molecular formula is C25H24N4O3. The van der Waals surface area contributed by atoms with Gasteiger partial charge in [-0.15, -0.1) is 0 Å². The van der Waals surface area contributed by atoms with Gasteiger partial charge < -0.3 is 14.6 Å². The van der Waals surface area contributed by atoms with Gasteiger partial charge in [-0.3, -0.25) is 9.59 Å². The van der Waals surface area contributed by atoms with Crippen LogP contribution in [0.25, 0.3) is 17.1 Å². The molecule has 7 nitrogen and oxygen atoms in total. The van der Waals surface area contributed by atoms with Gasteiger partial charge in [-0.2, -0.15) is 5.10 Å². The summed E-state index contributed by atoms with van der Waals surface area (Å²) in [6, 6.07) is 21.6. The molecule has 0 aliphatic heterocycles. The molecule has 0 saturated carbocycles. The maximum atomic E-state index is 13.2. The molecule has 0 fully saturated rings. The summed E-state index contributed by atoms with van der Waals surface area (Å²) in [5, 5.41) is 7.47. The van der Waals surface area contributed by atoms with Crippen molar-refractivity contribution >= 4 is 17.5 Å². The van der Waals surface area contributed by atoms with Gasteiger partial charge in [-0.25, -0.2) is 4.68 Å². The van der Waals surface area contributed by atoms with Crippen LogP contribution in [0, 0.1) is 0 Å². The number of benzene rings is 2. The third kappa shape index (κ3) is 4.32. The molecule has 2 aromatic heterocycles. The molecule has 0 bridgehead atoms. The molecule has 32 heavy (non-hydrogen) atoms. The van der Waals surface area contributed by atoms with E-state index in [1.165, 1.54) is 0 Å². The summed E-state index contributed by atoms with van der Waals surface area (Å²) in [7, 11) is 0. The number of furan rings is 1. The van der Waals surface area contributed by atoms with E-state index in [1.54, 1.807) is 58.3 Å². The Bertz CT molecular complexity index is 1210. The first-order chi connectivity index (χ1) is 15.6. The largest absolute Gasteiger partial charge is 0.463 e. The molecule has 4 aromatic rings. The van der Waals surface area contributed by atoms with Crippen LogP contribution in [0.1, 0.15) is 34.7 Å². The average molecular weight is 428 g/mol. The predicted molar refractivity (Wildman–Crippen MR) is 123 cm³/mol. The van der Waals surface area contributed by atoms with Crippen LogP contribution < -0.4 is 5.32 Å². The number of carbonyl (C=O) groups is 2. The molecule has 7 heteroatoms. The van der Waals surface area contributed by atoms with Crippen LogP contribution in [-0.2, 0) is 0 Å². The summed E-state index contributed by atoms with van der Waals surface area (Å²) >= 11 is 0. The summed E-state index contributed by atoms with van der Waals surface area (Å²) in [6.45, 7) is 5.12. The van der Waals surface area contributed by atoms with Crippen LogP contribution in [0.3, 0.4) is 0 Å². The van der Waals surface area contributed by atoms with Gasteiger partial charge in [0.1, 0.15) is 11.4 Å². The molecule has 4 rings (SSSR count). The van der Waals surface area contributed by atoms with Crippen molar-refractivity contribution in [2.24, 2.45) is 0 Å². The van der Waals surface area contributed by atoms with Crippen molar-refractivity contribution in [2.75, 3.05) is 18.4 Å². The number of para-hydroxylation sites is 1. The van der Waals surface area contributed by atoms with Gasteiger partial charge >= 0.3 is 0 Å². The number of aromatic nitrogens is 2. The minimum atomic E-state index is -0.341. The first-order valence-corrected chi connectivity index (χ1v) is 10.5. The minimum absolute atomic E-state index is 0.0690. The number of anilines is 1. The van der Waals surface area contributed by atoms with Gasteiger partial charge in [-0.05, 0) is 56.3 Å². The molecule has 0 radical (unpaired) electrons. The molecule has 2 amide bonds. The molecule has 2 aromatic carbocycles. The second kappa shape index (κ2) is 9.34. The minimum Gasteiger partial charge on any atom is -0.463 e. The summed E-state index contributed by atoms with van der Waals surface area (Å²) in [5.74, 6) is 0.160. The number of nitrogens with zero attached hydrogens (tertiary/aromatic N) is 3. The van der Waals surface area contributed by atoms with E-state index in [0.29, 0.717) is 41.5 Å². The second-order valence-corrected chi connectivity index (χ2v) is 7.15. The summed E-state index contributed by atoms with van der Waals surface area (Å²) in [6.07, 6.45) is 1.56. The maximum Gasteiger partial charge on any atom is 0.274 e. The molecule has 0 saturated heterocycles. The summed E-state index contributed by atoms with van der Waals surface area (Å²) < 4.78 is 7.04. The number of nitrogens with one attached hydrogen (secondary N) is 1. The van der Waals surface area contributed by atoms with E-state index >= 15 is 0 Å². The number of amides is 2. The summed E-state index contributed by atoms with van der Waals surface area (Å²) in [4.78, 5) is 27.6. The maximum absolute atomic E-state index is 13.2. The van der Waals surface area contributed by atoms with Crippen LogP contribution in [0.4, 0.5) is 5.69 Å². The van der Waals surface area contributed by atoms with Crippen molar-refractivity contribution in [3.05, 3.63) is 90.3 Å². The highest BCUT2D eigenvalue weighted by atomic mass is 16.3. The second-order valence-electron chi connectivity index (χ2n) is 7.15. The van der Waals surface area contributed by atoms with Crippen molar-refractivity contribution < 1.29 is 14.0 Å². The molecular weight excluding hydrogens is 404 g/mol. The standard InChI is InChI=1S/C25H24N4O3/c1-3-28(4-2)25(31)18-10-8-11-19(16-18)26-24(30)22-17-21(23-14-9-15-32-23)27-29(22)20-12-6-5-7-13-20/h5-17H,3-4H2,1-2H3,(H,26,30). The van der Waals surface area contributed by atoms with Crippen LogP contribution in [0.15, 0.2) is 83.5 Å². The first kappa shape index (κ1) is 21.1. The fourth-order valence-electron chi connectivity index (χ4n) is 3.47. The zero-order chi connectivity index (χ0) is 22.5. The van der Waals surface area contributed by atoms with Crippen molar-refractivity contribution in [3.63, 3.8) is 0 Å². The molecule has 162 valence electrons. The van der Waals surface area contributed by atoms with Crippen LogP contribution in [0.5, 0.6) is 0 Å². The molecule has 0 aliphatic rings. The van der Waals surface area contributed by atoms with E-state index < -0.39 is 0 Å². The Morgan fingerprint density at radius 3 is 2.44 bits per heavy atom. The molecule has 0 aliphatic carbocycles. The van der Waals surface area contributed by atoms with Gasteiger partial charge in [0.15, 0.2) is 5.76 Å². The number of hydrogen-bond acceptors (Lipinski definition) is 4. The van der Waals surface area contributed by atoms with Gasteiger partial charge in [0.2, 0.25) is 0 Å². The van der Waals surface area contributed by atoms with E-state index in [4.69, 9.17) is 4.42 Å². The topological polar surface area (TPSA) is 80.4 Å². The van der Waals surface area contributed by atoms with E-state index in [-0.39, 0.29) is 11.8 Å². The highest BCUT2D eigenvalue weighted by Gasteiger charge is 2.20. The van der Waals surface area contributed by atoms with Gasteiger partial charge in [0.25, 0.3) is 11.8 Å². The van der Waals surface area contributed by atoms with Gasteiger partial charge in [0.05, 0.1) is 12.0 Å². The zero-order valence-corrected chi connectivity index (χ0v) is 18.0. The Hall–Kier alpha value is -4.13. The Kier molecular flexibility index (Phi) is 6.17. The molecule has 2 heterocycles. The molecule has 0 unspecified atom stereocenters. The highest BCUT2D eigenvalue weighted by Crippen LogP contribution is 2.23. The third-order valence-electron chi connectivity index (χ3n) is 5.13. The Morgan fingerprint density at radius 1 is 0.969 bits per heavy atom. The smallest absolute Gasteiger partial charge is 0.274 e. The zero-order valence-electron chi connectivity index (χ0n) is 18.0. The Balaban J connectivity index is 1.65. The normalized spacial score (nSPS) is 10.7. The van der Waals surface area contributed by atoms with Crippen molar-refractivity contribution in [3.8, 4) is 17.1 Å². The lowest BCUT2D eigenvalue weighted by molar-refractivity contribution is 0.0772. The lowest BCUT2D eigenvalue weighted by Gasteiger charge is -2.19. The Morgan fingerprint density at radius 2 is 1.75 bits per heavy atom. The first-order valence-electron chi connectivity index (χ1n) is 10.5. The van der Waals surface area contributed by atoms with Crippen molar-refractivity contribution in [2.45, 2.75) is 13.8 Å². The van der Waals surface area contributed by atoms with E-state index in [1.807, 2.05) is 44.2 Å². The third-order valence-corrected chi connectivity index (χ3v) is 5.13. The molecule has 0 atom stereocenters. The van der Waals surface area contributed by atoms with Gasteiger partial charge in [-0.1, -0.05) is 24.3 Å². The molecule has 1 N–H and O–H groups in total. The average Bonchev–Trinajstić information content (AvgIpc) is 3.51. The number of carbonyl (C=O) groups excluding carboxylic acids is 2. The van der Waals surface area contributed by atoms with Crippen molar-refractivity contribution in [1.29, 1.82) is 0 Å². The highest BCUT2D eigenvalue weighted by molar-refractivity contribution is 6.05. The SMILES string of the molecule is CCN(CC)C(=O)c1cccc(NC(=O)c2cc(-c3ccco3)nn2-c2ccccc2)c1. The Labute approximate surface area is 186 Å². The van der Waals surface area contributed by atoms with Crippen LogP contribution in [0.2, 0.25) is 0 Å². The molecule has 0 spiro atoms. The summed E-state index contributed by atoms with van der Waals surface area (Å²) in [5.41, 5.74) is 2.71.